The molecule has 0 saturated heterocycles. The maximum absolute atomic E-state index is 12.9. The molecule has 0 fully saturated rings. The van der Waals surface area contributed by atoms with Crippen molar-refractivity contribution in [2.24, 2.45) is 0 Å². The molecule has 9 nitrogen and oxygen atoms in total. The SMILES string of the molecule is COc1ccc(CCNC(=O)c2ccccc2NC(=O)CN(c2ccc(Br)cc2)S(C)(=O)=O)cc1OC. The van der Waals surface area contributed by atoms with Crippen LogP contribution in [0.3, 0.4) is 0 Å². The van der Waals surface area contributed by atoms with Gasteiger partial charge in [-0.25, -0.2) is 8.42 Å². The topological polar surface area (TPSA) is 114 Å². The highest BCUT2D eigenvalue weighted by Gasteiger charge is 2.22. The lowest BCUT2D eigenvalue weighted by molar-refractivity contribution is -0.114. The second-order valence-corrected chi connectivity index (χ2v) is 10.9. The number of hydrogen-bond donors (Lipinski definition) is 2. The van der Waals surface area contributed by atoms with Crippen molar-refractivity contribution in [1.82, 2.24) is 5.32 Å². The van der Waals surface area contributed by atoms with E-state index in [9.17, 15) is 18.0 Å². The predicted molar refractivity (Wildman–Crippen MR) is 147 cm³/mol. The minimum atomic E-state index is -3.73. The molecular weight excluding hydrogens is 562 g/mol. The van der Waals surface area contributed by atoms with Crippen LogP contribution in [-0.4, -0.2) is 53.8 Å². The van der Waals surface area contributed by atoms with E-state index in [1.54, 1.807) is 68.8 Å². The van der Waals surface area contributed by atoms with Gasteiger partial charge < -0.3 is 20.1 Å². The van der Waals surface area contributed by atoms with Gasteiger partial charge in [-0.3, -0.25) is 13.9 Å². The summed E-state index contributed by atoms with van der Waals surface area (Å²) >= 11 is 3.31. The van der Waals surface area contributed by atoms with Crippen molar-refractivity contribution >= 4 is 49.1 Å². The fraction of sp³-hybridized carbons (Fsp3) is 0.231. The van der Waals surface area contributed by atoms with E-state index in [0.717, 1.165) is 20.6 Å². The number of hydrogen-bond acceptors (Lipinski definition) is 6. The molecule has 37 heavy (non-hydrogen) atoms. The molecule has 2 amide bonds. The molecule has 2 N–H and O–H groups in total. The first-order chi connectivity index (χ1) is 17.6. The molecule has 0 radical (unpaired) electrons. The minimum absolute atomic E-state index is 0.262. The number of carbonyl (C=O) groups excluding carboxylic acids is 2. The molecule has 0 atom stereocenters. The Hall–Kier alpha value is -3.57. The quantitative estimate of drug-likeness (QED) is 0.351. The molecule has 3 rings (SSSR count). The van der Waals surface area contributed by atoms with E-state index in [0.29, 0.717) is 30.2 Å². The molecule has 0 aliphatic rings. The van der Waals surface area contributed by atoms with Crippen LogP contribution in [0.25, 0.3) is 0 Å². The second-order valence-electron chi connectivity index (χ2n) is 8.04. The Morgan fingerprint density at radius 2 is 1.62 bits per heavy atom. The number of nitrogens with one attached hydrogen (secondary N) is 2. The summed E-state index contributed by atoms with van der Waals surface area (Å²) in [5, 5.41) is 5.52. The number of para-hydroxylation sites is 1. The largest absolute Gasteiger partial charge is 0.493 e. The fourth-order valence-electron chi connectivity index (χ4n) is 3.57. The fourth-order valence-corrected chi connectivity index (χ4v) is 4.69. The van der Waals surface area contributed by atoms with E-state index < -0.39 is 22.5 Å². The van der Waals surface area contributed by atoms with Gasteiger partial charge in [0.25, 0.3) is 5.91 Å². The molecule has 0 bridgehead atoms. The molecule has 3 aromatic carbocycles. The van der Waals surface area contributed by atoms with Crippen LogP contribution >= 0.6 is 15.9 Å². The third kappa shape index (κ3) is 7.70. The Bertz CT molecular complexity index is 1360. The molecule has 0 spiro atoms. The standard InChI is InChI=1S/C26H28BrN3O6S/c1-35-23-13-8-18(16-24(23)36-2)14-15-28-26(32)21-6-4-5-7-22(21)29-25(31)17-30(37(3,33)34)20-11-9-19(27)10-12-20/h4-13,16H,14-15,17H2,1-3H3,(H,28,32)(H,29,31). The predicted octanol–water partition coefficient (Wildman–Crippen LogP) is 3.84. The third-order valence-electron chi connectivity index (χ3n) is 5.40. The van der Waals surface area contributed by atoms with Gasteiger partial charge in [0, 0.05) is 11.0 Å². The first kappa shape index (κ1) is 28.0. The summed E-state index contributed by atoms with van der Waals surface area (Å²) in [5.74, 6) is 0.267. The van der Waals surface area contributed by atoms with Gasteiger partial charge >= 0.3 is 0 Å². The van der Waals surface area contributed by atoms with Crippen LogP contribution in [0.1, 0.15) is 15.9 Å². The summed E-state index contributed by atoms with van der Waals surface area (Å²) in [7, 11) is -0.610. The average molecular weight is 590 g/mol. The van der Waals surface area contributed by atoms with Crippen LogP contribution in [0.4, 0.5) is 11.4 Å². The van der Waals surface area contributed by atoms with Crippen molar-refractivity contribution in [3.05, 3.63) is 82.3 Å². The van der Waals surface area contributed by atoms with Gasteiger partial charge in [0.1, 0.15) is 6.54 Å². The summed E-state index contributed by atoms with van der Waals surface area (Å²) < 4.78 is 37.0. The van der Waals surface area contributed by atoms with E-state index >= 15 is 0 Å². The second kappa shape index (κ2) is 12.6. The Kier molecular flexibility index (Phi) is 9.54. The number of sulfonamides is 1. The zero-order chi connectivity index (χ0) is 27.0. The number of halogens is 1. The van der Waals surface area contributed by atoms with E-state index in [2.05, 4.69) is 26.6 Å². The summed E-state index contributed by atoms with van der Waals surface area (Å²) in [6.07, 6.45) is 1.58. The Morgan fingerprint density at radius 1 is 0.946 bits per heavy atom. The van der Waals surface area contributed by atoms with Crippen LogP contribution in [0.15, 0.2) is 71.2 Å². The van der Waals surface area contributed by atoms with Crippen molar-refractivity contribution in [3.8, 4) is 11.5 Å². The summed E-state index contributed by atoms with van der Waals surface area (Å²) in [5.41, 5.74) is 1.84. The lowest BCUT2D eigenvalue weighted by Gasteiger charge is -2.22. The average Bonchev–Trinajstić information content (AvgIpc) is 2.87. The van der Waals surface area contributed by atoms with Gasteiger partial charge in [-0.2, -0.15) is 0 Å². The Morgan fingerprint density at radius 3 is 2.27 bits per heavy atom. The maximum Gasteiger partial charge on any atom is 0.253 e. The van der Waals surface area contributed by atoms with Crippen molar-refractivity contribution < 1.29 is 27.5 Å². The molecule has 0 unspecified atom stereocenters. The normalized spacial score (nSPS) is 10.9. The van der Waals surface area contributed by atoms with Crippen LogP contribution in [0.5, 0.6) is 11.5 Å². The first-order valence-electron chi connectivity index (χ1n) is 11.2. The maximum atomic E-state index is 12.9. The smallest absolute Gasteiger partial charge is 0.253 e. The van der Waals surface area contributed by atoms with Gasteiger partial charge in [-0.05, 0) is 60.5 Å². The van der Waals surface area contributed by atoms with Gasteiger partial charge in [-0.15, -0.1) is 0 Å². The lowest BCUT2D eigenvalue weighted by Crippen LogP contribution is -2.37. The number of rotatable bonds is 11. The number of carbonyl (C=O) groups is 2. The molecule has 11 heteroatoms. The van der Waals surface area contributed by atoms with Crippen LogP contribution in [-0.2, 0) is 21.2 Å². The number of ether oxygens (including phenoxy) is 2. The summed E-state index contributed by atoms with van der Waals surface area (Å²) in [6.45, 7) is -0.0995. The molecule has 0 aromatic heterocycles. The summed E-state index contributed by atoms with van der Waals surface area (Å²) in [4.78, 5) is 25.7. The molecular formula is C26H28BrN3O6S. The molecule has 0 heterocycles. The van der Waals surface area contributed by atoms with Crippen molar-refractivity contribution in [1.29, 1.82) is 0 Å². The number of methoxy groups -OCH3 is 2. The highest BCUT2D eigenvalue weighted by Crippen LogP contribution is 2.27. The van der Waals surface area contributed by atoms with Crippen molar-refractivity contribution in [3.63, 3.8) is 0 Å². The Labute approximate surface area is 225 Å². The van der Waals surface area contributed by atoms with Crippen molar-refractivity contribution in [2.75, 3.05) is 43.2 Å². The Balaban J connectivity index is 1.66. The monoisotopic (exact) mass is 589 g/mol. The molecule has 0 aliphatic carbocycles. The first-order valence-corrected chi connectivity index (χ1v) is 13.9. The van der Waals surface area contributed by atoms with Gasteiger partial charge in [-0.1, -0.05) is 34.1 Å². The highest BCUT2D eigenvalue weighted by molar-refractivity contribution is 9.10. The van der Waals surface area contributed by atoms with Crippen molar-refractivity contribution in [2.45, 2.75) is 6.42 Å². The van der Waals surface area contributed by atoms with E-state index in [1.165, 1.54) is 0 Å². The van der Waals surface area contributed by atoms with Gasteiger partial charge in [0.05, 0.1) is 37.4 Å². The van der Waals surface area contributed by atoms with Gasteiger partial charge in [0.2, 0.25) is 15.9 Å². The number of nitrogens with zero attached hydrogens (tertiary/aromatic N) is 1. The molecule has 0 aliphatic heterocycles. The third-order valence-corrected chi connectivity index (χ3v) is 7.06. The zero-order valence-electron chi connectivity index (χ0n) is 20.7. The van der Waals surface area contributed by atoms with E-state index in [-0.39, 0.29) is 17.2 Å². The molecule has 3 aromatic rings. The number of anilines is 2. The van der Waals surface area contributed by atoms with Crippen LogP contribution in [0.2, 0.25) is 0 Å². The van der Waals surface area contributed by atoms with E-state index in [4.69, 9.17) is 9.47 Å². The zero-order valence-corrected chi connectivity index (χ0v) is 23.1. The molecule has 0 saturated carbocycles. The van der Waals surface area contributed by atoms with Gasteiger partial charge in [0.15, 0.2) is 11.5 Å². The van der Waals surface area contributed by atoms with Crippen LogP contribution in [0, 0.1) is 0 Å². The van der Waals surface area contributed by atoms with Crippen LogP contribution < -0.4 is 24.4 Å². The summed E-state index contributed by atoms with van der Waals surface area (Å²) in [6, 6.07) is 18.6. The minimum Gasteiger partial charge on any atom is -0.493 e. The lowest BCUT2D eigenvalue weighted by atomic mass is 10.1. The molecule has 196 valence electrons. The number of amides is 2. The highest BCUT2D eigenvalue weighted by atomic mass is 79.9. The number of benzene rings is 3. The van der Waals surface area contributed by atoms with E-state index in [1.807, 2.05) is 12.1 Å².